The molecule has 2 aliphatic rings. The number of carbonyl (C=O) groups excluding carboxylic acids is 2. The lowest BCUT2D eigenvalue weighted by atomic mass is 9.76. The van der Waals surface area contributed by atoms with E-state index in [-0.39, 0.29) is 24.3 Å². The van der Waals surface area contributed by atoms with E-state index >= 15 is 0 Å². The van der Waals surface area contributed by atoms with Gasteiger partial charge in [-0.1, -0.05) is 6.42 Å². The van der Waals surface area contributed by atoms with E-state index in [4.69, 9.17) is 20.1 Å². The molecule has 2 rings (SSSR count). The second-order valence-electron chi connectivity index (χ2n) is 5.17. The molecule has 2 fully saturated rings. The first-order valence-electron chi connectivity index (χ1n) is 6.95. The molecule has 0 amide bonds. The summed E-state index contributed by atoms with van der Waals surface area (Å²) in [7, 11) is 0. The van der Waals surface area contributed by atoms with Gasteiger partial charge in [0.2, 0.25) is 0 Å². The first kappa shape index (κ1) is 14.5. The monoisotopic (exact) mass is 278 g/mol. The summed E-state index contributed by atoms with van der Waals surface area (Å²) >= 11 is 0. The van der Waals surface area contributed by atoms with Gasteiger partial charge in [0.25, 0.3) is 0 Å². The fraction of sp³-hybridized carbons (Fsp3) is 0.714. The third-order valence-electron chi connectivity index (χ3n) is 4.00. The number of carbonyl (C=O) groups is 2. The molecule has 1 N–H and O–H groups in total. The zero-order valence-electron chi connectivity index (χ0n) is 11.4. The van der Waals surface area contributed by atoms with Crippen LogP contribution >= 0.6 is 0 Å². The summed E-state index contributed by atoms with van der Waals surface area (Å²) in [6.07, 6.45) is 3.43. The number of hydrogen-bond donors (Lipinski definition) is 1. The molecule has 1 saturated carbocycles. The molecule has 20 heavy (non-hydrogen) atoms. The first-order chi connectivity index (χ1) is 9.60. The fourth-order valence-corrected chi connectivity index (χ4v) is 3.06. The minimum absolute atomic E-state index is 0.0750. The second-order valence-corrected chi connectivity index (χ2v) is 5.17. The summed E-state index contributed by atoms with van der Waals surface area (Å²) in [6.45, 7) is 1.78. The van der Waals surface area contributed by atoms with Crippen LogP contribution < -0.4 is 0 Å². The number of ether oxygens (including phenoxy) is 2. The molecule has 4 atom stereocenters. The Hall–Kier alpha value is -1.90. The van der Waals surface area contributed by atoms with Crippen LogP contribution in [0, 0.1) is 34.5 Å². The molecule has 0 spiro atoms. The zero-order chi connectivity index (χ0) is 14.7. The molecule has 0 bridgehead atoms. The summed E-state index contributed by atoms with van der Waals surface area (Å²) in [5, 5.41) is 17.2. The van der Waals surface area contributed by atoms with Crippen molar-refractivity contribution >= 4 is 17.7 Å². The van der Waals surface area contributed by atoms with Crippen LogP contribution in [0.25, 0.3) is 0 Å². The summed E-state index contributed by atoms with van der Waals surface area (Å²) in [6, 6.07) is 1.77. The lowest BCUT2D eigenvalue weighted by Crippen LogP contribution is -2.36. The Morgan fingerprint density at radius 2 is 2.25 bits per heavy atom. The van der Waals surface area contributed by atoms with Gasteiger partial charge in [-0.25, -0.2) is 0 Å². The molecule has 108 valence electrons. The maximum atomic E-state index is 12.0. The van der Waals surface area contributed by atoms with Gasteiger partial charge in [0, 0.05) is 5.92 Å². The third-order valence-corrected chi connectivity index (χ3v) is 4.00. The smallest absolute Gasteiger partial charge is 0.329 e. The Balaban J connectivity index is 2.16. The normalized spacial score (nSPS) is 29.8. The van der Waals surface area contributed by atoms with Gasteiger partial charge in [-0.05, 0) is 26.2 Å². The molecule has 6 heteroatoms. The van der Waals surface area contributed by atoms with Gasteiger partial charge in [-0.2, -0.15) is 5.26 Å². The number of nitrogens with one attached hydrogen (secondary N) is 1. The standard InChI is InChI=1S/C14H18N2O4/c1-2-19-13(17)9(7-15)12(16)11-8-5-3-4-6-10(8)20-14(11)18/h8-11,16H,2-6H2,1H3/t8-,9+,10+,11+/m1/s1. The highest BCUT2D eigenvalue weighted by Crippen LogP contribution is 2.40. The van der Waals surface area contributed by atoms with Crippen molar-refractivity contribution in [3.05, 3.63) is 0 Å². The van der Waals surface area contributed by atoms with E-state index < -0.39 is 23.8 Å². The van der Waals surface area contributed by atoms with Crippen LogP contribution in [0.4, 0.5) is 0 Å². The van der Waals surface area contributed by atoms with Crippen LogP contribution in [0.3, 0.4) is 0 Å². The van der Waals surface area contributed by atoms with Crippen LogP contribution in [0.15, 0.2) is 0 Å². The van der Waals surface area contributed by atoms with Gasteiger partial charge >= 0.3 is 11.9 Å². The topological polar surface area (TPSA) is 100 Å². The van der Waals surface area contributed by atoms with E-state index in [9.17, 15) is 9.59 Å². The molecule has 6 nitrogen and oxygen atoms in total. The zero-order valence-corrected chi connectivity index (χ0v) is 11.4. The molecule has 0 aromatic carbocycles. The SMILES string of the molecule is CCOC(=O)[C@@H](C#N)C(=N)[C@H]1C(=O)O[C@H]2CCCC[C@@H]12. The van der Waals surface area contributed by atoms with Crippen molar-refractivity contribution in [1.82, 2.24) is 0 Å². The number of hydrogen-bond acceptors (Lipinski definition) is 6. The van der Waals surface area contributed by atoms with Crippen molar-refractivity contribution in [1.29, 1.82) is 10.7 Å². The van der Waals surface area contributed by atoms with Crippen molar-refractivity contribution in [2.45, 2.75) is 38.7 Å². The molecule has 0 unspecified atom stereocenters. The average Bonchev–Trinajstić information content (AvgIpc) is 2.75. The first-order valence-corrected chi connectivity index (χ1v) is 6.95. The van der Waals surface area contributed by atoms with Crippen molar-refractivity contribution in [3.63, 3.8) is 0 Å². The molecule has 1 heterocycles. The predicted octanol–water partition coefficient (Wildman–Crippen LogP) is 1.44. The van der Waals surface area contributed by atoms with E-state index in [1.807, 2.05) is 0 Å². The lowest BCUT2D eigenvalue weighted by molar-refractivity contribution is -0.144. The van der Waals surface area contributed by atoms with E-state index in [2.05, 4.69) is 0 Å². The van der Waals surface area contributed by atoms with Crippen molar-refractivity contribution in [2.75, 3.05) is 6.61 Å². The fourth-order valence-electron chi connectivity index (χ4n) is 3.06. The van der Waals surface area contributed by atoms with Gasteiger partial charge < -0.3 is 14.9 Å². The number of rotatable bonds is 4. The predicted molar refractivity (Wildman–Crippen MR) is 68.8 cm³/mol. The van der Waals surface area contributed by atoms with E-state index in [1.165, 1.54) is 0 Å². The highest BCUT2D eigenvalue weighted by atomic mass is 16.6. The highest BCUT2D eigenvalue weighted by Gasteiger charge is 2.50. The molecular weight excluding hydrogens is 260 g/mol. The Morgan fingerprint density at radius 3 is 2.90 bits per heavy atom. The molecular formula is C14H18N2O4. The minimum atomic E-state index is -1.31. The molecule has 0 radical (unpaired) electrons. The van der Waals surface area contributed by atoms with Crippen LogP contribution in [0.5, 0.6) is 0 Å². The largest absolute Gasteiger partial charge is 0.465 e. The third kappa shape index (κ3) is 2.53. The molecule has 0 aromatic rings. The van der Waals surface area contributed by atoms with Gasteiger partial charge in [0.1, 0.15) is 12.0 Å². The summed E-state index contributed by atoms with van der Waals surface area (Å²) in [5.41, 5.74) is -0.176. The maximum absolute atomic E-state index is 12.0. The van der Waals surface area contributed by atoms with Gasteiger partial charge in [-0.3, -0.25) is 9.59 Å². The Bertz CT molecular complexity index is 468. The van der Waals surface area contributed by atoms with Gasteiger partial charge in [0.15, 0.2) is 5.92 Å². The summed E-state index contributed by atoms with van der Waals surface area (Å²) in [5.74, 6) is -3.39. The Morgan fingerprint density at radius 1 is 1.55 bits per heavy atom. The van der Waals surface area contributed by atoms with E-state index in [0.717, 1.165) is 25.7 Å². The van der Waals surface area contributed by atoms with Gasteiger partial charge in [0.05, 0.1) is 18.4 Å². The Labute approximate surface area is 117 Å². The highest BCUT2D eigenvalue weighted by molar-refractivity contribution is 6.12. The van der Waals surface area contributed by atoms with Gasteiger partial charge in [-0.15, -0.1) is 0 Å². The Kier molecular flexibility index (Phi) is 4.38. The van der Waals surface area contributed by atoms with E-state index in [1.54, 1.807) is 13.0 Å². The maximum Gasteiger partial charge on any atom is 0.329 e. The van der Waals surface area contributed by atoms with Crippen LogP contribution in [0.2, 0.25) is 0 Å². The van der Waals surface area contributed by atoms with Crippen LogP contribution in [-0.2, 0) is 19.1 Å². The van der Waals surface area contributed by atoms with Crippen molar-refractivity contribution in [3.8, 4) is 6.07 Å². The quantitative estimate of drug-likeness (QED) is 0.619. The number of nitrogens with zero attached hydrogens (tertiary/aromatic N) is 1. The van der Waals surface area contributed by atoms with E-state index in [0.29, 0.717) is 0 Å². The van der Waals surface area contributed by atoms with Crippen LogP contribution in [0.1, 0.15) is 32.6 Å². The molecule has 1 aliphatic heterocycles. The number of esters is 2. The van der Waals surface area contributed by atoms with Crippen LogP contribution in [-0.4, -0.2) is 30.4 Å². The molecule has 1 aliphatic carbocycles. The number of nitriles is 1. The molecule has 1 saturated heterocycles. The van der Waals surface area contributed by atoms with Crippen molar-refractivity contribution in [2.24, 2.45) is 17.8 Å². The molecule has 0 aromatic heterocycles. The minimum Gasteiger partial charge on any atom is -0.465 e. The average molecular weight is 278 g/mol. The summed E-state index contributed by atoms with van der Waals surface area (Å²) in [4.78, 5) is 23.7. The van der Waals surface area contributed by atoms with Crippen molar-refractivity contribution < 1.29 is 19.1 Å². The summed E-state index contributed by atoms with van der Waals surface area (Å²) < 4.78 is 10.1. The lowest BCUT2D eigenvalue weighted by Gasteiger charge is -2.26. The second kappa shape index (κ2) is 6.04. The number of fused-ring (bicyclic) bond motifs is 1.